The predicted molar refractivity (Wildman–Crippen MR) is 65.4 cm³/mol. The molecule has 0 radical (unpaired) electrons. The molecule has 94 valence electrons. The third-order valence-corrected chi connectivity index (χ3v) is 2.59. The molecule has 0 aliphatic heterocycles. The highest BCUT2D eigenvalue weighted by molar-refractivity contribution is 6.01. The fourth-order valence-corrected chi connectivity index (χ4v) is 1.81. The van der Waals surface area contributed by atoms with Crippen LogP contribution < -0.4 is 22.4 Å². The van der Waals surface area contributed by atoms with Gasteiger partial charge < -0.3 is 8.83 Å². The van der Waals surface area contributed by atoms with Crippen LogP contribution in [0.2, 0.25) is 0 Å². The second-order valence-electron chi connectivity index (χ2n) is 3.77. The van der Waals surface area contributed by atoms with Crippen molar-refractivity contribution in [3.05, 3.63) is 65.8 Å². The molecular weight excluding hydrogens is 254 g/mol. The fraction of sp³-hybridized carbons (Fsp3) is 0. The minimum atomic E-state index is -0.835. The Balaban J connectivity index is 2.78. The summed E-state index contributed by atoms with van der Waals surface area (Å²) in [4.78, 5) is 47.9. The van der Waals surface area contributed by atoms with Crippen LogP contribution in [0, 0.1) is 0 Å². The molecule has 1 N–H and O–H groups in total. The maximum Gasteiger partial charge on any atom is 0.336 e. The maximum atomic E-state index is 11.7. The Bertz CT molecular complexity index is 1040. The summed E-state index contributed by atoms with van der Waals surface area (Å²) in [5.74, 6) is 0. The number of aromatic nitrogens is 1. The first-order valence-electron chi connectivity index (χ1n) is 5.20. The molecule has 2 heterocycles. The van der Waals surface area contributed by atoms with Gasteiger partial charge in [-0.3, -0.25) is 14.6 Å². The summed E-state index contributed by atoms with van der Waals surface area (Å²) in [5.41, 5.74) is -3.23. The van der Waals surface area contributed by atoms with Gasteiger partial charge >= 0.3 is 11.3 Å². The van der Waals surface area contributed by atoms with Crippen molar-refractivity contribution in [2.45, 2.75) is 0 Å². The molecule has 3 aromatic rings. The third-order valence-electron chi connectivity index (χ3n) is 2.59. The summed E-state index contributed by atoms with van der Waals surface area (Å²) >= 11 is 0. The van der Waals surface area contributed by atoms with E-state index >= 15 is 0 Å². The molecule has 7 heteroatoms. The lowest BCUT2D eigenvalue weighted by Gasteiger charge is -1.92. The van der Waals surface area contributed by atoms with Crippen molar-refractivity contribution in [1.82, 2.24) is 4.98 Å². The smallest absolute Gasteiger partial charge is 0.336 e. The van der Waals surface area contributed by atoms with Gasteiger partial charge in [0.05, 0.1) is 10.8 Å². The second-order valence-corrected chi connectivity index (χ2v) is 3.77. The predicted octanol–water partition coefficient (Wildman–Crippen LogP) is -0.0521. The molecule has 0 bridgehead atoms. The van der Waals surface area contributed by atoms with E-state index in [-0.39, 0.29) is 21.9 Å². The molecule has 19 heavy (non-hydrogen) atoms. The number of benzene rings is 1. The molecule has 1 aromatic carbocycles. The van der Waals surface area contributed by atoms with Gasteiger partial charge in [-0.1, -0.05) is 0 Å². The van der Waals surface area contributed by atoms with Gasteiger partial charge in [-0.15, -0.1) is 0 Å². The molecule has 0 saturated carbocycles. The minimum Gasteiger partial charge on any atom is -0.419 e. The van der Waals surface area contributed by atoms with Gasteiger partial charge in [-0.25, -0.2) is 9.59 Å². The second kappa shape index (κ2) is 3.77. The summed E-state index contributed by atoms with van der Waals surface area (Å²) in [6.45, 7) is 0. The number of hydrogen-bond acceptors (Lipinski definition) is 6. The van der Waals surface area contributed by atoms with E-state index in [9.17, 15) is 19.2 Å². The van der Waals surface area contributed by atoms with E-state index < -0.39 is 22.4 Å². The molecule has 0 aliphatic rings. The Labute approximate surface area is 102 Å². The third kappa shape index (κ3) is 1.68. The van der Waals surface area contributed by atoms with Gasteiger partial charge in [0.15, 0.2) is 11.2 Å². The zero-order valence-corrected chi connectivity index (χ0v) is 9.26. The first-order chi connectivity index (χ1) is 9.06. The average Bonchev–Trinajstić information content (AvgIpc) is 2.63. The van der Waals surface area contributed by atoms with Crippen LogP contribution in [0.15, 0.2) is 52.3 Å². The van der Waals surface area contributed by atoms with Crippen LogP contribution in [0.5, 0.6) is 0 Å². The number of rotatable bonds is 0. The Morgan fingerprint density at radius 2 is 1.47 bits per heavy atom. The number of nitrogens with one attached hydrogen (secondary N) is 1. The summed E-state index contributed by atoms with van der Waals surface area (Å²) in [6.07, 6.45) is 0. The molecule has 2 aromatic heterocycles. The molecule has 0 unspecified atom stereocenters. The molecular formula is C12H5NO6. The Hall–Kier alpha value is -2.96. The van der Waals surface area contributed by atoms with Gasteiger partial charge in [0.2, 0.25) is 0 Å². The van der Waals surface area contributed by atoms with Crippen molar-refractivity contribution in [2.75, 3.05) is 0 Å². The monoisotopic (exact) mass is 259 g/mol. The first-order valence-corrected chi connectivity index (χ1v) is 5.20. The quantitative estimate of drug-likeness (QED) is 0.605. The van der Waals surface area contributed by atoms with Gasteiger partial charge in [-0.05, 0) is 12.1 Å². The average molecular weight is 259 g/mol. The van der Waals surface area contributed by atoms with E-state index in [4.69, 9.17) is 8.83 Å². The first kappa shape index (κ1) is 11.1. The van der Waals surface area contributed by atoms with E-state index in [1.54, 1.807) is 0 Å². The summed E-state index contributed by atoms with van der Waals surface area (Å²) in [5, 5.41) is -0.0453. The van der Waals surface area contributed by atoms with E-state index in [1.165, 1.54) is 12.1 Å². The lowest BCUT2D eigenvalue weighted by molar-refractivity contribution is 0.521. The van der Waals surface area contributed by atoms with E-state index in [0.29, 0.717) is 0 Å². The van der Waals surface area contributed by atoms with Crippen molar-refractivity contribution < 1.29 is 8.83 Å². The maximum absolute atomic E-state index is 11.7. The number of aromatic amines is 1. The van der Waals surface area contributed by atoms with Crippen molar-refractivity contribution in [2.24, 2.45) is 0 Å². The van der Waals surface area contributed by atoms with Crippen molar-refractivity contribution in [3.8, 4) is 0 Å². The topological polar surface area (TPSA) is 110 Å². The van der Waals surface area contributed by atoms with Gasteiger partial charge in [0.25, 0.3) is 11.1 Å². The summed E-state index contributed by atoms with van der Waals surface area (Å²) < 4.78 is 9.83. The number of H-pyrrole nitrogens is 1. The van der Waals surface area contributed by atoms with Gasteiger partial charge in [0.1, 0.15) is 0 Å². The SMILES string of the molecule is O=c1ccc(=O)oc2c(ccc3c(=O)[nH]c(=O)c32)o1. The molecule has 0 spiro atoms. The number of fused-ring (bicyclic) bond motifs is 3. The van der Waals surface area contributed by atoms with Crippen molar-refractivity contribution >= 4 is 21.9 Å². The van der Waals surface area contributed by atoms with Crippen LogP contribution in [0.1, 0.15) is 0 Å². The zero-order chi connectivity index (χ0) is 13.6. The molecule has 0 amide bonds. The Morgan fingerprint density at radius 3 is 2.21 bits per heavy atom. The van der Waals surface area contributed by atoms with Gasteiger partial charge in [-0.2, -0.15) is 0 Å². The van der Waals surface area contributed by atoms with Crippen LogP contribution >= 0.6 is 0 Å². The lowest BCUT2D eigenvalue weighted by atomic mass is 10.2. The molecule has 0 fully saturated rings. The lowest BCUT2D eigenvalue weighted by Crippen LogP contribution is -2.06. The molecule has 0 aliphatic carbocycles. The van der Waals surface area contributed by atoms with Crippen LogP contribution in [0.4, 0.5) is 0 Å². The largest absolute Gasteiger partial charge is 0.419 e. The highest BCUT2D eigenvalue weighted by atomic mass is 16.4. The Kier molecular flexibility index (Phi) is 2.21. The molecule has 7 nitrogen and oxygen atoms in total. The highest BCUT2D eigenvalue weighted by Gasteiger charge is 2.12. The molecule has 0 saturated heterocycles. The normalized spacial score (nSPS) is 10.9. The van der Waals surface area contributed by atoms with E-state index in [0.717, 1.165) is 12.1 Å². The molecule has 3 rings (SSSR count). The van der Waals surface area contributed by atoms with Crippen LogP contribution in [-0.2, 0) is 0 Å². The standard InChI is InChI=1S/C12H5NO6/c14-7-3-4-8(15)19-10-6(18-7)2-1-5-9(10)12(17)13-11(5)16/h1-4H,(H,13,16,17). The summed E-state index contributed by atoms with van der Waals surface area (Å²) in [6, 6.07) is 4.39. The van der Waals surface area contributed by atoms with Crippen LogP contribution in [-0.4, -0.2) is 4.98 Å². The van der Waals surface area contributed by atoms with E-state index in [1.807, 2.05) is 0 Å². The molecule has 0 atom stereocenters. The van der Waals surface area contributed by atoms with Crippen molar-refractivity contribution in [1.29, 1.82) is 0 Å². The zero-order valence-electron chi connectivity index (χ0n) is 9.26. The van der Waals surface area contributed by atoms with Crippen LogP contribution in [0.3, 0.4) is 0 Å². The van der Waals surface area contributed by atoms with Gasteiger partial charge in [0, 0.05) is 12.1 Å². The highest BCUT2D eigenvalue weighted by Crippen LogP contribution is 2.17. The van der Waals surface area contributed by atoms with Crippen molar-refractivity contribution in [3.63, 3.8) is 0 Å². The fourth-order valence-electron chi connectivity index (χ4n) is 1.81. The van der Waals surface area contributed by atoms with Crippen LogP contribution in [0.25, 0.3) is 21.9 Å². The number of hydrogen-bond donors (Lipinski definition) is 1. The minimum absolute atomic E-state index is 0.0668. The summed E-state index contributed by atoms with van der Waals surface area (Å²) in [7, 11) is 0. The Morgan fingerprint density at radius 1 is 0.789 bits per heavy atom. The van der Waals surface area contributed by atoms with E-state index in [2.05, 4.69) is 4.98 Å².